The van der Waals surface area contributed by atoms with Crippen molar-refractivity contribution < 1.29 is 4.92 Å². The summed E-state index contributed by atoms with van der Waals surface area (Å²) in [5.41, 5.74) is 26.5. The van der Waals surface area contributed by atoms with Gasteiger partial charge in [0.05, 0.1) is 60.1 Å². The Morgan fingerprint density at radius 2 is 0.519 bits per heavy atom. The lowest BCUT2D eigenvalue weighted by Gasteiger charge is -2.13. The van der Waals surface area contributed by atoms with Gasteiger partial charge in [-0.25, -0.2) is 0 Å². The molecule has 0 atom stereocenters. The molecule has 0 bridgehead atoms. The molecule has 0 aliphatic carbocycles. The van der Waals surface area contributed by atoms with E-state index in [0.29, 0.717) is 5.56 Å². The van der Waals surface area contributed by atoms with Crippen LogP contribution in [-0.4, -0.2) is 28.2 Å². The second kappa shape index (κ2) is 24.4. The number of fused-ring (bicyclic) bond motifs is 15. The highest BCUT2D eigenvalue weighted by Gasteiger charge is 2.23. The molecule has 0 spiro atoms. The van der Waals surface area contributed by atoms with E-state index in [9.17, 15) is 10.1 Å². The van der Waals surface area contributed by atoms with Gasteiger partial charge in [-0.15, -0.1) is 0 Å². The number of nitro benzene ring substituents is 1. The molecule has 1 N–H and O–H groups in total. The van der Waals surface area contributed by atoms with Gasteiger partial charge in [0.25, 0.3) is 5.69 Å². The Bertz CT molecular complexity index is 6820. The highest BCUT2D eigenvalue weighted by molar-refractivity contribution is 6.18. The molecular formula is C96H62N6O2. The van der Waals surface area contributed by atoms with Crippen molar-refractivity contribution in [1.29, 1.82) is 0 Å². The van der Waals surface area contributed by atoms with E-state index in [0.717, 1.165) is 83.1 Å². The molecule has 8 nitrogen and oxygen atoms in total. The second-order valence-electron chi connectivity index (χ2n) is 26.9. The first-order valence-electron chi connectivity index (χ1n) is 35.2. The van der Waals surface area contributed by atoms with Gasteiger partial charge in [-0.05, 0) is 208 Å². The zero-order valence-electron chi connectivity index (χ0n) is 56.3. The summed E-state index contributed by atoms with van der Waals surface area (Å²) in [6, 6.07) is 131. The zero-order chi connectivity index (χ0) is 68.9. The van der Waals surface area contributed by atoms with Crippen molar-refractivity contribution in [2.45, 2.75) is 0 Å². The predicted molar refractivity (Wildman–Crippen MR) is 433 cm³/mol. The van der Waals surface area contributed by atoms with E-state index in [-0.39, 0.29) is 10.6 Å². The van der Waals surface area contributed by atoms with Gasteiger partial charge in [-0.2, -0.15) is 0 Å². The number of para-hydroxylation sites is 10. The largest absolute Gasteiger partial charge is 0.354 e. The first-order chi connectivity index (χ1) is 51.4. The summed E-state index contributed by atoms with van der Waals surface area (Å²) in [4.78, 5) is 15.8. The van der Waals surface area contributed by atoms with Crippen molar-refractivity contribution in [3.63, 3.8) is 0 Å². The maximum Gasteiger partial charge on any atom is 0.277 e. The quantitative estimate of drug-likeness (QED) is 0.109. The molecule has 0 aliphatic heterocycles. The fourth-order valence-corrected chi connectivity index (χ4v) is 16.4. The molecule has 21 aromatic rings. The Balaban J connectivity index is 0.000000139. The normalized spacial score (nSPS) is 11.7. The van der Waals surface area contributed by atoms with Crippen molar-refractivity contribution in [2.24, 2.45) is 0 Å². The molecule has 5 heterocycles. The maximum absolute atomic E-state index is 12.3. The number of nitrogens with zero attached hydrogens (tertiary/aromatic N) is 5. The molecule has 16 aromatic carbocycles. The standard InChI is InChI=1S/C48H31N3O2.C48H31N3/c52-51(53)48-22-12-7-17-39(48)36-28-34(32-23-25-46-42(30-32)40-18-8-10-20-44(40)49(46)37-13-3-1-4-14-37)27-35(29-36)33-24-26-47-43(31-33)41-19-9-11-21-45(41)50(47)38-15-5-2-6-16-38;1-3-13-34(14-4-1)50-44-21-11-8-18-37(44)40-27-31(23-25-46(40)50)33-29-39(48-42(30-33)36-17-7-10-20-43(36)49-48)32-24-26-47-41(28-32)38-19-9-12-22-45(38)51(47)35-15-5-2-6-16-35/h1-31H;1-30,49H. The minimum Gasteiger partial charge on any atom is -0.354 e. The molecule has 8 heteroatoms. The third-order valence-corrected chi connectivity index (χ3v) is 21.0. The van der Waals surface area contributed by atoms with Gasteiger partial charge in [-0.1, -0.05) is 200 Å². The minimum atomic E-state index is -0.295. The van der Waals surface area contributed by atoms with Crippen molar-refractivity contribution in [3.05, 3.63) is 380 Å². The lowest BCUT2D eigenvalue weighted by atomic mass is 9.92. The van der Waals surface area contributed by atoms with Gasteiger partial charge >= 0.3 is 0 Å². The molecular weight excluding hydrogens is 1270 g/mol. The van der Waals surface area contributed by atoms with Gasteiger partial charge in [0, 0.05) is 93.8 Å². The number of aromatic amines is 1. The van der Waals surface area contributed by atoms with Crippen LogP contribution in [0.1, 0.15) is 0 Å². The van der Waals surface area contributed by atoms with Gasteiger partial charge in [-0.3, -0.25) is 10.1 Å². The monoisotopic (exact) mass is 1330 g/mol. The average Bonchev–Trinajstić information content (AvgIpc) is 1.57. The Kier molecular flexibility index (Phi) is 14.0. The Hall–Kier alpha value is -14.1. The van der Waals surface area contributed by atoms with Crippen LogP contribution in [0.25, 0.3) is 187 Å². The van der Waals surface area contributed by atoms with Gasteiger partial charge in [0.2, 0.25) is 0 Å². The predicted octanol–water partition coefficient (Wildman–Crippen LogP) is 25.6. The lowest BCUT2D eigenvalue weighted by molar-refractivity contribution is -0.384. The van der Waals surface area contributed by atoms with Crippen LogP contribution in [0.2, 0.25) is 0 Å². The Labute approximate surface area is 597 Å². The van der Waals surface area contributed by atoms with Crippen molar-refractivity contribution in [3.8, 4) is 78.4 Å². The highest BCUT2D eigenvalue weighted by Crippen LogP contribution is 2.45. The van der Waals surface area contributed by atoms with Crippen molar-refractivity contribution in [1.82, 2.24) is 23.3 Å². The summed E-state index contributed by atoms with van der Waals surface area (Å²) in [7, 11) is 0. The summed E-state index contributed by atoms with van der Waals surface area (Å²) in [6.07, 6.45) is 0. The van der Waals surface area contributed by atoms with Crippen molar-refractivity contribution in [2.75, 3.05) is 0 Å². The molecule has 0 radical (unpaired) electrons. The van der Waals surface area contributed by atoms with Crippen LogP contribution >= 0.6 is 0 Å². The molecule has 0 aliphatic rings. The molecule has 0 unspecified atom stereocenters. The molecule has 104 heavy (non-hydrogen) atoms. The number of benzene rings is 16. The fourth-order valence-electron chi connectivity index (χ4n) is 16.4. The van der Waals surface area contributed by atoms with Crippen LogP contribution < -0.4 is 0 Å². The van der Waals surface area contributed by atoms with Crippen molar-refractivity contribution >= 4 is 115 Å². The number of hydrogen-bond donors (Lipinski definition) is 1. The van der Waals surface area contributed by atoms with Crippen LogP contribution in [-0.2, 0) is 0 Å². The molecule has 488 valence electrons. The maximum atomic E-state index is 12.3. The number of aromatic nitrogens is 5. The minimum absolute atomic E-state index is 0.0818. The summed E-state index contributed by atoms with van der Waals surface area (Å²) in [6.45, 7) is 0. The first-order valence-corrected chi connectivity index (χ1v) is 35.2. The third-order valence-electron chi connectivity index (χ3n) is 21.0. The highest BCUT2D eigenvalue weighted by atomic mass is 16.6. The van der Waals surface area contributed by atoms with Gasteiger partial charge in [0.1, 0.15) is 0 Å². The van der Waals surface area contributed by atoms with E-state index in [1.54, 1.807) is 12.1 Å². The van der Waals surface area contributed by atoms with Crippen LogP contribution in [0.5, 0.6) is 0 Å². The van der Waals surface area contributed by atoms with Crippen LogP contribution in [0.15, 0.2) is 370 Å². The Morgan fingerprint density at radius 1 is 0.221 bits per heavy atom. The topological polar surface area (TPSA) is 78.7 Å². The number of nitro groups is 1. The van der Waals surface area contributed by atoms with E-state index < -0.39 is 0 Å². The number of H-pyrrole nitrogens is 1. The second-order valence-corrected chi connectivity index (χ2v) is 26.9. The van der Waals surface area contributed by atoms with E-state index >= 15 is 0 Å². The molecule has 0 fully saturated rings. The summed E-state index contributed by atoms with van der Waals surface area (Å²) >= 11 is 0. The van der Waals surface area contributed by atoms with E-state index in [1.807, 2.05) is 24.3 Å². The lowest BCUT2D eigenvalue weighted by Crippen LogP contribution is -1.94. The smallest absolute Gasteiger partial charge is 0.277 e. The third kappa shape index (κ3) is 9.83. The molecule has 0 saturated heterocycles. The van der Waals surface area contributed by atoms with E-state index in [4.69, 9.17) is 0 Å². The number of nitrogens with one attached hydrogen (secondary N) is 1. The molecule has 0 amide bonds. The Morgan fingerprint density at radius 3 is 0.923 bits per heavy atom. The van der Waals surface area contributed by atoms with Crippen LogP contribution in [0, 0.1) is 10.1 Å². The van der Waals surface area contributed by atoms with Crippen LogP contribution in [0.3, 0.4) is 0 Å². The summed E-state index contributed by atoms with van der Waals surface area (Å²) < 4.78 is 9.38. The molecule has 21 rings (SSSR count). The zero-order valence-corrected chi connectivity index (χ0v) is 56.3. The number of hydrogen-bond acceptors (Lipinski definition) is 2. The molecule has 5 aromatic heterocycles. The van der Waals surface area contributed by atoms with Gasteiger partial charge in [0.15, 0.2) is 0 Å². The summed E-state index contributed by atoms with van der Waals surface area (Å²) in [5, 5.41) is 24.4. The average molecular weight is 1330 g/mol. The fraction of sp³-hybridized carbons (Fsp3) is 0. The van der Waals surface area contributed by atoms with E-state index in [1.165, 1.54) is 98.8 Å². The number of rotatable bonds is 10. The first kappa shape index (κ1) is 59.9. The molecule has 0 saturated carbocycles. The SMILES string of the molecule is O=[N+]([O-])c1ccccc1-c1cc(-c2ccc3c(c2)c2ccccc2n3-c2ccccc2)cc(-c2ccc3c(c2)c2ccccc2n3-c2ccccc2)c1.c1ccc(-n2c3ccccc3c3cc(-c4cc(-c5ccc6c(c5)c5ccccc5n6-c5ccccc5)c5[nH]c6ccccc6c5c4)ccc32)cc1. The van der Waals surface area contributed by atoms with Crippen LogP contribution in [0.4, 0.5) is 5.69 Å². The summed E-state index contributed by atoms with van der Waals surface area (Å²) in [5.74, 6) is 0. The van der Waals surface area contributed by atoms with Gasteiger partial charge < -0.3 is 23.3 Å². The van der Waals surface area contributed by atoms with E-state index in [2.05, 4.69) is 357 Å².